The molecule has 0 fully saturated rings. The molecule has 1 unspecified atom stereocenters. The summed E-state index contributed by atoms with van der Waals surface area (Å²) in [6, 6.07) is 6.24. The van der Waals surface area contributed by atoms with Gasteiger partial charge in [0.1, 0.15) is 6.23 Å². The lowest BCUT2D eigenvalue weighted by Gasteiger charge is -2.36. The average Bonchev–Trinajstić information content (AvgIpc) is 2.27. The molecule has 0 amide bonds. The van der Waals surface area contributed by atoms with Crippen LogP contribution in [0.3, 0.4) is 0 Å². The van der Waals surface area contributed by atoms with Crippen molar-refractivity contribution in [2.24, 2.45) is 0 Å². The minimum Gasteiger partial charge on any atom is -0.493 e. The number of nitrogens with two attached hydrogens (primary N) is 1. The molecule has 0 saturated heterocycles. The van der Waals surface area contributed by atoms with Gasteiger partial charge in [0.25, 0.3) is 0 Å². The quantitative estimate of drug-likeness (QED) is 0.635. The molecule has 0 heterocycles. The molecule has 0 bridgehead atoms. The maximum Gasteiger partial charge on any atom is 0.165 e. The third-order valence-corrected chi connectivity index (χ3v) is 3.10. The van der Waals surface area contributed by atoms with Gasteiger partial charge in [-0.3, -0.25) is 4.90 Å². The van der Waals surface area contributed by atoms with Gasteiger partial charge < -0.3 is 15.2 Å². The predicted molar refractivity (Wildman–Crippen MR) is 79.6 cm³/mol. The third-order valence-electron chi connectivity index (χ3n) is 3.10. The highest BCUT2D eigenvalue weighted by molar-refractivity contribution is 5.51. The Balaban J connectivity index is 2.91. The minimum absolute atomic E-state index is 0.0456. The second-order valence-electron chi connectivity index (χ2n) is 5.26. The van der Waals surface area contributed by atoms with Crippen LogP contribution in [0, 0.1) is 0 Å². The fraction of sp³-hybridized carbons (Fsp3) is 0.600. The van der Waals surface area contributed by atoms with Crippen molar-refractivity contribution in [3.63, 3.8) is 0 Å². The Kier molecular flexibility index (Phi) is 5.48. The number of benzene rings is 1. The summed E-state index contributed by atoms with van der Waals surface area (Å²) >= 11 is 0. The first-order chi connectivity index (χ1) is 8.86. The number of hydrogen-bond acceptors (Lipinski definition) is 4. The van der Waals surface area contributed by atoms with Crippen molar-refractivity contribution in [1.29, 1.82) is 0 Å². The Morgan fingerprint density at radius 2 is 1.58 bits per heavy atom. The summed E-state index contributed by atoms with van der Waals surface area (Å²) in [7, 11) is 1.63. The van der Waals surface area contributed by atoms with Gasteiger partial charge in [-0.2, -0.15) is 0 Å². The lowest BCUT2D eigenvalue weighted by atomic mass is 10.2. The summed E-state index contributed by atoms with van der Waals surface area (Å²) < 4.78 is 11.3. The van der Waals surface area contributed by atoms with Crippen LogP contribution >= 0.6 is 0 Å². The van der Waals surface area contributed by atoms with E-state index in [4.69, 9.17) is 15.2 Å². The molecule has 1 atom stereocenters. The van der Waals surface area contributed by atoms with E-state index in [0.29, 0.717) is 29.3 Å². The zero-order valence-corrected chi connectivity index (χ0v) is 12.8. The molecule has 1 aromatic carbocycles. The van der Waals surface area contributed by atoms with Crippen LogP contribution in [0.5, 0.6) is 11.5 Å². The zero-order valence-electron chi connectivity index (χ0n) is 12.8. The van der Waals surface area contributed by atoms with Crippen molar-refractivity contribution >= 4 is 5.69 Å². The van der Waals surface area contributed by atoms with Crippen LogP contribution in [0.25, 0.3) is 0 Å². The molecule has 0 saturated carbocycles. The Morgan fingerprint density at radius 1 is 1.00 bits per heavy atom. The van der Waals surface area contributed by atoms with Gasteiger partial charge >= 0.3 is 0 Å². The maximum absolute atomic E-state index is 6.02. The van der Waals surface area contributed by atoms with Crippen molar-refractivity contribution in [2.45, 2.75) is 52.9 Å². The van der Waals surface area contributed by atoms with Crippen LogP contribution in [0.15, 0.2) is 18.2 Å². The number of nitrogens with zero attached hydrogens (tertiary/aromatic N) is 1. The van der Waals surface area contributed by atoms with Gasteiger partial charge in [0.2, 0.25) is 0 Å². The fourth-order valence-electron chi connectivity index (χ4n) is 2.47. The van der Waals surface area contributed by atoms with Crippen LogP contribution in [0.1, 0.15) is 34.6 Å². The second-order valence-corrected chi connectivity index (χ2v) is 5.26. The number of anilines is 1. The van der Waals surface area contributed by atoms with Crippen LogP contribution in [0.4, 0.5) is 5.69 Å². The van der Waals surface area contributed by atoms with Gasteiger partial charge in [-0.25, -0.2) is 0 Å². The van der Waals surface area contributed by atoms with Gasteiger partial charge in [-0.1, -0.05) is 0 Å². The molecular weight excluding hydrogens is 240 g/mol. The maximum atomic E-state index is 6.02. The Morgan fingerprint density at radius 3 is 2.05 bits per heavy atom. The minimum atomic E-state index is -0.0456. The van der Waals surface area contributed by atoms with Crippen LogP contribution < -0.4 is 15.2 Å². The molecule has 4 nitrogen and oxygen atoms in total. The first-order valence-electron chi connectivity index (χ1n) is 6.74. The van der Waals surface area contributed by atoms with Crippen LogP contribution in [-0.2, 0) is 0 Å². The first-order valence-corrected chi connectivity index (χ1v) is 6.74. The van der Waals surface area contributed by atoms with Crippen molar-refractivity contribution in [3.8, 4) is 11.5 Å². The topological polar surface area (TPSA) is 47.7 Å². The number of nitrogen functional groups attached to an aromatic ring is 1. The highest BCUT2D eigenvalue weighted by atomic mass is 16.5. The Labute approximate surface area is 116 Å². The molecule has 0 aliphatic heterocycles. The van der Waals surface area contributed by atoms with Crippen molar-refractivity contribution < 1.29 is 9.47 Å². The summed E-state index contributed by atoms with van der Waals surface area (Å²) in [4.78, 5) is 2.29. The van der Waals surface area contributed by atoms with Crippen molar-refractivity contribution in [2.75, 3.05) is 12.8 Å². The van der Waals surface area contributed by atoms with Crippen molar-refractivity contribution in [1.82, 2.24) is 4.90 Å². The van der Waals surface area contributed by atoms with E-state index in [0.717, 1.165) is 0 Å². The molecule has 0 spiro atoms. The predicted octanol–water partition coefficient (Wildman–Crippen LogP) is 3.12. The highest BCUT2D eigenvalue weighted by Gasteiger charge is 2.22. The number of ether oxygens (including phenoxy) is 2. The highest BCUT2D eigenvalue weighted by Crippen LogP contribution is 2.30. The number of rotatable bonds is 6. The summed E-state index contributed by atoms with van der Waals surface area (Å²) in [5.41, 5.74) is 6.47. The van der Waals surface area contributed by atoms with Gasteiger partial charge in [0, 0.05) is 23.8 Å². The van der Waals surface area contributed by atoms with E-state index >= 15 is 0 Å². The molecule has 19 heavy (non-hydrogen) atoms. The number of hydrogen-bond donors (Lipinski definition) is 1. The molecule has 1 rings (SSSR count). The lowest BCUT2D eigenvalue weighted by molar-refractivity contribution is -0.00690. The summed E-state index contributed by atoms with van der Waals surface area (Å²) in [6.07, 6.45) is -0.0456. The fourth-order valence-corrected chi connectivity index (χ4v) is 2.47. The van der Waals surface area contributed by atoms with Gasteiger partial charge in [0.15, 0.2) is 11.5 Å². The molecule has 108 valence electrons. The smallest absolute Gasteiger partial charge is 0.165 e. The summed E-state index contributed by atoms with van der Waals surface area (Å²) in [6.45, 7) is 10.7. The van der Waals surface area contributed by atoms with E-state index in [2.05, 4.69) is 32.6 Å². The van der Waals surface area contributed by atoms with Gasteiger partial charge in [-0.15, -0.1) is 0 Å². The SMILES string of the molecule is COc1ccc(N)cc1OC(C)N(C(C)C)C(C)C. The van der Waals surface area contributed by atoms with Gasteiger partial charge in [0.05, 0.1) is 7.11 Å². The molecule has 1 aromatic rings. The third kappa shape index (κ3) is 4.03. The summed E-state index contributed by atoms with van der Waals surface area (Å²) in [5.74, 6) is 1.38. The molecular formula is C15H26N2O2. The van der Waals surface area contributed by atoms with Gasteiger partial charge in [-0.05, 0) is 46.8 Å². The lowest BCUT2D eigenvalue weighted by Crippen LogP contribution is -2.46. The molecule has 0 aliphatic rings. The monoisotopic (exact) mass is 266 g/mol. The van der Waals surface area contributed by atoms with E-state index in [1.807, 2.05) is 13.0 Å². The summed E-state index contributed by atoms with van der Waals surface area (Å²) in [5, 5.41) is 0. The van der Waals surface area contributed by atoms with E-state index in [-0.39, 0.29) is 6.23 Å². The molecule has 0 radical (unpaired) electrons. The largest absolute Gasteiger partial charge is 0.493 e. The standard InChI is InChI=1S/C15H26N2O2/c1-10(2)17(11(3)4)12(5)19-15-9-13(16)7-8-14(15)18-6/h7-12H,16H2,1-6H3. The molecule has 2 N–H and O–H groups in total. The first kappa shape index (κ1) is 15.6. The van der Waals surface area contributed by atoms with Crippen LogP contribution in [-0.4, -0.2) is 30.3 Å². The normalized spacial score (nSPS) is 13.1. The number of methoxy groups -OCH3 is 1. The zero-order chi connectivity index (χ0) is 14.6. The Hall–Kier alpha value is -1.42. The van der Waals surface area contributed by atoms with Crippen molar-refractivity contribution in [3.05, 3.63) is 18.2 Å². The Bertz CT molecular complexity index is 397. The van der Waals surface area contributed by atoms with E-state index in [9.17, 15) is 0 Å². The molecule has 0 aromatic heterocycles. The van der Waals surface area contributed by atoms with E-state index in [1.54, 1.807) is 19.2 Å². The molecule has 0 aliphatic carbocycles. The second kappa shape index (κ2) is 6.66. The van der Waals surface area contributed by atoms with E-state index in [1.165, 1.54) is 0 Å². The van der Waals surface area contributed by atoms with Crippen LogP contribution in [0.2, 0.25) is 0 Å². The molecule has 4 heteroatoms. The average molecular weight is 266 g/mol. The van der Waals surface area contributed by atoms with E-state index < -0.39 is 0 Å².